The van der Waals surface area contributed by atoms with Crippen molar-refractivity contribution in [1.29, 1.82) is 0 Å². The molecule has 0 spiro atoms. The highest BCUT2D eigenvalue weighted by molar-refractivity contribution is 5.22. The summed E-state index contributed by atoms with van der Waals surface area (Å²) in [5, 5.41) is 3.61. The molecular weight excluding hydrogens is 246 g/mol. The maximum Gasteiger partial charge on any atom is 0.0449 e. The van der Waals surface area contributed by atoms with Gasteiger partial charge in [0, 0.05) is 44.6 Å². The van der Waals surface area contributed by atoms with Crippen molar-refractivity contribution in [2.45, 2.75) is 19.5 Å². The van der Waals surface area contributed by atoms with Crippen LogP contribution >= 0.6 is 0 Å². The fourth-order valence-corrected chi connectivity index (χ4v) is 2.78. The maximum atomic E-state index is 4.17. The zero-order valence-corrected chi connectivity index (χ0v) is 11.9. The highest BCUT2D eigenvalue weighted by Crippen LogP contribution is 2.19. The molecule has 1 aliphatic rings. The normalized spacial score (nSPS) is 19.9. The summed E-state index contributed by atoms with van der Waals surface area (Å²) in [5.41, 5.74) is 4.04. The Hall–Kier alpha value is -1.71. The van der Waals surface area contributed by atoms with Crippen LogP contribution in [0.15, 0.2) is 48.8 Å². The van der Waals surface area contributed by atoms with E-state index in [-0.39, 0.29) is 0 Å². The summed E-state index contributed by atoms with van der Waals surface area (Å²) >= 11 is 0. The third-order valence-electron chi connectivity index (χ3n) is 3.99. The molecule has 1 aliphatic heterocycles. The number of benzene rings is 1. The molecule has 0 amide bonds. The van der Waals surface area contributed by atoms with Crippen LogP contribution in [0.2, 0.25) is 0 Å². The van der Waals surface area contributed by atoms with Crippen molar-refractivity contribution >= 4 is 0 Å². The third kappa shape index (κ3) is 3.06. The number of hydrogen-bond donors (Lipinski definition) is 1. The SMILES string of the molecule is Cc1cnccc1CN1CCNC(c2ccccc2)C1. The predicted octanol–water partition coefficient (Wildman–Crippen LogP) is 2.54. The number of nitrogens with zero attached hydrogens (tertiary/aromatic N) is 2. The van der Waals surface area contributed by atoms with E-state index < -0.39 is 0 Å². The van der Waals surface area contributed by atoms with E-state index >= 15 is 0 Å². The van der Waals surface area contributed by atoms with E-state index in [0.29, 0.717) is 6.04 Å². The van der Waals surface area contributed by atoms with Gasteiger partial charge in [0.15, 0.2) is 0 Å². The fourth-order valence-electron chi connectivity index (χ4n) is 2.78. The van der Waals surface area contributed by atoms with Gasteiger partial charge in [-0.25, -0.2) is 0 Å². The molecule has 0 bridgehead atoms. The van der Waals surface area contributed by atoms with E-state index in [1.807, 2.05) is 12.4 Å². The molecular formula is C17H21N3. The summed E-state index contributed by atoms with van der Waals surface area (Å²) in [6.45, 7) is 6.36. The summed E-state index contributed by atoms with van der Waals surface area (Å²) in [4.78, 5) is 6.69. The van der Waals surface area contributed by atoms with Gasteiger partial charge in [-0.15, -0.1) is 0 Å². The van der Waals surface area contributed by atoms with Crippen molar-refractivity contribution in [2.24, 2.45) is 0 Å². The first-order valence-corrected chi connectivity index (χ1v) is 7.23. The summed E-state index contributed by atoms with van der Waals surface area (Å²) in [6.07, 6.45) is 3.84. The lowest BCUT2D eigenvalue weighted by Gasteiger charge is -2.34. The molecule has 0 saturated carbocycles. The average molecular weight is 267 g/mol. The lowest BCUT2D eigenvalue weighted by atomic mass is 10.0. The number of piperazine rings is 1. The molecule has 1 unspecified atom stereocenters. The number of hydrogen-bond acceptors (Lipinski definition) is 3. The molecule has 1 aromatic carbocycles. The van der Waals surface area contributed by atoms with Crippen LogP contribution in [0.4, 0.5) is 0 Å². The summed E-state index contributed by atoms with van der Waals surface area (Å²) in [6, 6.07) is 13.3. The molecule has 1 saturated heterocycles. The Kier molecular flexibility index (Phi) is 4.09. The molecule has 2 aromatic rings. The molecule has 1 fully saturated rings. The van der Waals surface area contributed by atoms with Gasteiger partial charge in [0.1, 0.15) is 0 Å². The largest absolute Gasteiger partial charge is 0.308 e. The van der Waals surface area contributed by atoms with Crippen LogP contribution < -0.4 is 5.32 Å². The van der Waals surface area contributed by atoms with Crippen molar-refractivity contribution in [2.75, 3.05) is 19.6 Å². The molecule has 3 rings (SSSR count). The standard InChI is InChI=1S/C17H21N3/c1-14-11-18-8-7-16(14)12-20-10-9-19-17(13-20)15-5-3-2-4-6-15/h2-8,11,17,19H,9-10,12-13H2,1H3. The number of aromatic nitrogens is 1. The summed E-state index contributed by atoms with van der Waals surface area (Å²) in [5.74, 6) is 0. The fraction of sp³-hybridized carbons (Fsp3) is 0.353. The first-order valence-electron chi connectivity index (χ1n) is 7.23. The molecule has 20 heavy (non-hydrogen) atoms. The van der Waals surface area contributed by atoms with E-state index in [1.54, 1.807) is 0 Å². The van der Waals surface area contributed by atoms with Crippen LogP contribution in [0.25, 0.3) is 0 Å². The van der Waals surface area contributed by atoms with Gasteiger partial charge in [0.25, 0.3) is 0 Å². The van der Waals surface area contributed by atoms with Crippen LogP contribution in [-0.4, -0.2) is 29.5 Å². The van der Waals surface area contributed by atoms with Gasteiger partial charge < -0.3 is 5.32 Å². The molecule has 3 nitrogen and oxygen atoms in total. The Labute approximate surface area is 120 Å². The number of nitrogens with one attached hydrogen (secondary N) is 1. The van der Waals surface area contributed by atoms with E-state index in [2.05, 4.69) is 58.5 Å². The monoisotopic (exact) mass is 267 g/mol. The summed E-state index contributed by atoms with van der Waals surface area (Å²) in [7, 11) is 0. The molecule has 104 valence electrons. The van der Waals surface area contributed by atoms with Crippen molar-refractivity contribution in [3.05, 3.63) is 65.5 Å². The molecule has 0 aliphatic carbocycles. The van der Waals surface area contributed by atoms with Gasteiger partial charge in [-0.3, -0.25) is 9.88 Å². The second-order valence-electron chi connectivity index (χ2n) is 5.45. The first-order chi connectivity index (χ1) is 9.83. The van der Waals surface area contributed by atoms with Gasteiger partial charge in [0.05, 0.1) is 0 Å². The van der Waals surface area contributed by atoms with Crippen LogP contribution in [0.3, 0.4) is 0 Å². The lowest BCUT2D eigenvalue weighted by molar-refractivity contribution is 0.193. The Morgan fingerprint density at radius 2 is 2.10 bits per heavy atom. The van der Waals surface area contributed by atoms with Gasteiger partial charge in [-0.1, -0.05) is 30.3 Å². The van der Waals surface area contributed by atoms with E-state index in [1.165, 1.54) is 16.7 Å². The maximum absolute atomic E-state index is 4.17. The highest BCUT2D eigenvalue weighted by Gasteiger charge is 2.20. The number of rotatable bonds is 3. The highest BCUT2D eigenvalue weighted by atomic mass is 15.2. The predicted molar refractivity (Wildman–Crippen MR) is 81.4 cm³/mol. The van der Waals surface area contributed by atoms with Gasteiger partial charge in [-0.05, 0) is 29.7 Å². The molecule has 3 heteroatoms. The van der Waals surface area contributed by atoms with Gasteiger partial charge in [-0.2, -0.15) is 0 Å². The van der Waals surface area contributed by atoms with Crippen LogP contribution in [0.5, 0.6) is 0 Å². The minimum absolute atomic E-state index is 0.437. The minimum atomic E-state index is 0.437. The minimum Gasteiger partial charge on any atom is -0.308 e. The molecule has 1 atom stereocenters. The average Bonchev–Trinajstić information content (AvgIpc) is 2.51. The van der Waals surface area contributed by atoms with Gasteiger partial charge >= 0.3 is 0 Å². The molecule has 1 aromatic heterocycles. The molecule has 2 heterocycles. The lowest BCUT2D eigenvalue weighted by Crippen LogP contribution is -2.45. The Balaban J connectivity index is 1.68. The van der Waals surface area contributed by atoms with Crippen LogP contribution in [0, 0.1) is 6.92 Å². The zero-order valence-electron chi connectivity index (χ0n) is 11.9. The number of aryl methyl sites for hydroxylation is 1. The Bertz CT molecular complexity index is 553. The zero-order chi connectivity index (χ0) is 13.8. The van der Waals surface area contributed by atoms with Crippen molar-refractivity contribution in [3.63, 3.8) is 0 Å². The van der Waals surface area contributed by atoms with E-state index in [9.17, 15) is 0 Å². The van der Waals surface area contributed by atoms with E-state index in [0.717, 1.165) is 26.2 Å². The third-order valence-corrected chi connectivity index (χ3v) is 3.99. The second-order valence-corrected chi connectivity index (χ2v) is 5.45. The first kappa shape index (κ1) is 13.3. The van der Waals surface area contributed by atoms with Crippen LogP contribution in [-0.2, 0) is 6.54 Å². The molecule has 0 radical (unpaired) electrons. The van der Waals surface area contributed by atoms with Crippen molar-refractivity contribution in [1.82, 2.24) is 15.2 Å². The summed E-state index contributed by atoms with van der Waals surface area (Å²) < 4.78 is 0. The molecule has 1 N–H and O–H groups in total. The number of pyridine rings is 1. The van der Waals surface area contributed by atoms with Crippen LogP contribution in [0.1, 0.15) is 22.7 Å². The topological polar surface area (TPSA) is 28.2 Å². The second kappa shape index (κ2) is 6.16. The van der Waals surface area contributed by atoms with Crippen molar-refractivity contribution < 1.29 is 0 Å². The smallest absolute Gasteiger partial charge is 0.0449 e. The van der Waals surface area contributed by atoms with E-state index in [4.69, 9.17) is 0 Å². The Morgan fingerprint density at radius 1 is 1.25 bits per heavy atom. The van der Waals surface area contributed by atoms with Crippen molar-refractivity contribution in [3.8, 4) is 0 Å². The quantitative estimate of drug-likeness (QED) is 0.926. The Morgan fingerprint density at radius 3 is 2.90 bits per heavy atom. The van der Waals surface area contributed by atoms with Gasteiger partial charge in [0.2, 0.25) is 0 Å².